The van der Waals surface area contributed by atoms with E-state index in [2.05, 4.69) is 25.8 Å². The number of primary amides is 1. The van der Waals surface area contributed by atoms with Crippen LogP contribution in [0, 0.1) is 0 Å². The zero-order valence-corrected chi connectivity index (χ0v) is 15.3. The number of carbonyl (C=O) groups excluding carboxylic acids is 2. The fourth-order valence-electron chi connectivity index (χ4n) is 2.30. The van der Waals surface area contributed by atoms with Gasteiger partial charge < -0.3 is 22.1 Å². The van der Waals surface area contributed by atoms with Crippen LogP contribution in [0.25, 0.3) is 11.4 Å². The summed E-state index contributed by atoms with van der Waals surface area (Å²) in [6.45, 7) is 2.30. The molecule has 3 amide bonds. The maximum atomic E-state index is 12.3. The Balaban J connectivity index is 0.00000338. The highest BCUT2D eigenvalue weighted by atomic mass is 35.5. The summed E-state index contributed by atoms with van der Waals surface area (Å²) in [5.74, 6) is 0.835. The predicted octanol–water partition coefficient (Wildman–Crippen LogP) is 1.52. The SMILES string of the molecule is CCCCC(NC(N)=O)C(=O)Nc1ccc(-c2n[nH]c(CN)n2)cc1.Cl. The molecule has 0 radical (unpaired) electrons. The molecule has 1 aromatic carbocycles. The van der Waals surface area contributed by atoms with Crippen LogP contribution in [-0.2, 0) is 11.3 Å². The van der Waals surface area contributed by atoms with E-state index in [-0.39, 0.29) is 24.9 Å². The molecule has 0 spiro atoms. The molecule has 0 aliphatic carbocycles. The first-order valence-electron chi connectivity index (χ1n) is 8.12. The molecule has 2 rings (SSSR count). The molecule has 10 heteroatoms. The van der Waals surface area contributed by atoms with E-state index in [1.165, 1.54) is 0 Å². The second-order valence-electron chi connectivity index (χ2n) is 5.58. The molecule has 1 heterocycles. The van der Waals surface area contributed by atoms with Gasteiger partial charge in [0, 0.05) is 11.3 Å². The van der Waals surface area contributed by atoms with E-state index in [0.29, 0.717) is 23.8 Å². The molecule has 1 unspecified atom stereocenters. The van der Waals surface area contributed by atoms with Crippen LogP contribution in [0.3, 0.4) is 0 Å². The number of benzene rings is 1. The first kappa shape index (κ1) is 21.4. The van der Waals surface area contributed by atoms with Gasteiger partial charge in [-0.1, -0.05) is 19.8 Å². The summed E-state index contributed by atoms with van der Waals surface area (Å²) in [6.07, 6.45) is 2.26. The first-order chi connectivity index (χ1) is 12.0. The smallest absolute Gasteiger partial charge is 0.312 e. The van der Waals surface area contributed by atoms with Crippen LogP contribution in [-0.4, -0.2) is 33.2 Å². The zero-order valence-electron chi connectivity index (χ0n) is 14.5. The number of nitrogens with one attached hydrogen (secondary N) is 3. The van der Waals surface area contributed by atoms with Crippen LogP contribution < -0.4 is 22.1 Å². The summed E-state index contributed by atoms with van der Waals surface area (Å²) in [6, 6.07) is 5.70. The lowest BCUT2D eigenvalue weighted by Gasteiger charge is -2.17. The van der Waals surface area contributed by atoms with Crippen LogP contribution in [0.4, 0.5) is 10.5 Å². The molecule has 0 aliphatic rings. The number of anilines is 1. The Hall–Kier alpha value is -2.65. The fraction of sp³-hybridized carbons (Fsp3) is 0.375. The number of H-pyrrole nitrogens is 1. The normalized spacial score (nSPS) is 11.3. The van der Waals surface area contributed by atoms with Gasteiger partial charge in [0.15, 0.2) is 5.82 Å². The van der Waals surface area contributed by atoms with Crippen LogP contribution >= 0.6 is 12.4 Å². The van der Waals surface area contributed by atoms with Crippen molar-refractivity contribution in [2.24, 2.45) is 11.5 Å². The second kappa shape index (κ2) is 10.4. The second-order valence-corrected chi connectivity index (χ2v) is 5.58. The Kier molecular flexibility index (Phi) is 8.53. The molecule has 0 aliphatic heterocycles. The van der Waals surface area contributed by atoms with E-state index in [1.54, 1.807) is 24.3 Å². The average Bonchev–Trinajstić information content (AvgIpc) is 3.08. The molecular formula is C16H24ClN7O2. The van der Waals surface area contributed by atoms with Crippen molar-refractivity contribution in [3.8, 4) is 11.4 Å². The fourth-order valence-corrected chi connectivity index (χ4v) is 2.30. The van der Waals surface area contributed by atoms with Gasteiger partial charge in [0.25, 0.3) is 0 Å². The lowest BCUT2D eigenvalue weighted by Crippen LogP contribution is -2.46. The molecule has 9 nitrogen and oxygen atoms in total. The molecule has 0 saturated carbocycles. The summed E-state index contributed by atoms with van der Waals surface area (Å²) in [5.41, 5.74) is 12.0. The van der Waals surface area contributed by atoms with E-state index in [0.717, 1.165) is 18.4 Å². The monoisotopic (exact) mass is 381 g/mol. The Morgan fingerprint density at radius 2 is 1.96 bits per heavy atom. The van der Waals surface area contributed by atoms with Gasteiger partial charge in [0.05, 0.1) is 6.54 Å². The average molecular weight is 382 g/mol. The van der Waals surface area contributed by atoms with E-state index in [4.69, 9.17) is 11.5 Å². The maximum absolute atomic E-state index is 12.3. The quantitative estimate of drug-likeness (QED) is 0.469. The molecule has 0 saturated heterocycles. The summed E-state index contributed by atoms with van der Waals surface area (Å²) >= 11 is 0. The lowest BCUT2D eigenvalue weighted by atomic mass is 10.1. The number of urea groups is 1. The van der Waals surface area contributed by atoms with Gasteiger partial charge >= 0.3 is 6.03 Å². The first-order valence-corrected chi connectivity index (χ1v) is 8.12. The number of unbranched alkanes of at least 4 members (excludes halogenated alkanes) is 1. The number of rotatable bonds is 8. The highest BCUT2D eigenvalue weighted by Crippen LogP contribution is 2.18. The molecule has 26 heavy (non-hydrogen) atoms. The number of amides is 3. The number of hydrogen-bond donors (Lipinski definition) is 5. The maximum Gasteiger partial charge on any atom is 0.312 e. The van der Waals surface area contributed by atoms with Gasteiger partial charge in [0.2, 0.25) is 5.91 Å². The minimum atomic E-state index is -0.716. The van der Waals surface area contributed by atoms with Crippen LogP contribution in [0.15, 0.2) is 24.3 Å². The molecule has 0 bridgehead atoms. The number of nitrogens with two attached hydrogens (primary N) is 2. The Morgan fingerprint density at radius 1 is 1.27 bits per heavy atom. The van der Waals surface area contributed by atoms with Crippen molar-refractivity contribution < 1.29 is 9.59 Å². The van der Waals surface area contributed by atoms with Crippen molar-refractivity contribution in [2.75, 3.05) is 5.32 Å². The number of halogens is 1. The standard InChI is InChI=1S/C16H23N7O2.ClH/c1-2-3-4-12(20-16(18)25)15(24)19-11-7-5-10(6-8-11)14-21-13(9-17)22-23-14;/h5-8,12H,2-4,9,17H2,1H3,(H,19,24)(H3,18,20,25)(H,21,22,23);1H. The topological polar surface area (TPSA) is 152 Å². The van der Waals surface area contributed by atoms with Gasteiger partial charge in [-0.15, -0.1) is 12.4 Å². The zero-order chi connectivity index (χ0) is 18.2. The third-order valence-electron chi connectivity index (χ3n) is 3.62. The highest BCUT2D eigenvalue weighted by molar-refractivity contribution is 5.96. The highest BCUT2D eigenvalue weighted by Gasteiger charge is 2.19. The Morgan fingerprint density at radius 3 is 2.50 bits per heavy atom. The van der Waals surface area contributed by atoms with Crippen molar-refractivity contribution in [3.05, 3.63) is 30.1 Å². The van der Waals surface area contributed by atoms with Crippen molar-refractivity contribution in [1.82, 2.24) is 20.5 Å². The van der Waals surface area contributed by atoms with Crippen LogP contribution in [0.1, 0.15) is 32.0 Å². The molecular weight excluding hydrogens is 358 g/mol. The Labute approximate surface area is 157 Å². The third kappa shape index (κ3) is 6.01. The van der Waals surface area contributed by atoms with E-state index in [9.17, 15) is 9.59 Å². The van der Waals surface area contributed by atoms with Gasteiger partial charge in [0.1, 0.15) is 11.9 Å². The Bertz CT molecular complexity index is 718. The molecule has 7 N–H and O–H groups in total. The van der Waals surface area contributed by atoms with Crippen LogP contribution in [0.5, 0.6) is 0 Å². The van der Waals surface area contributed by atoms with Gasteiger partial charge in [-0.2, -0.15) is 5.10 Å². The number of nitrogens with zero attached hydrogens (tertiary/aromatic N) is 2. The number of aromatic nitrogens is 3. The number of hydrogen-bond acceptors (Lipinski definition) is 5. The van der Waals surface area contributed by atoms with E-state index in [1.807, 2.05) is 6.92 Å². The minimum absolute atomic E-state index is 0. The third-order valence-corrected chi connectivity index (χ3v) is 3.62. The van der Waals surface area contributed by atoms with Gasteiger partial charge in [-0.25, -0.2) is 9.78 Å². The summed E-state index contributed by atoms with van der Waals surface area (Å²) < 4.78 is 0. The van der Waals surface area contributed by atoms with Crippen LogP contribution in [0.2, 0.25) is 0 Å². The molecule has 0 fully saturated rings. The van der Waals surface area contributed by atoms with Crippen molar-refractivity contribution in [3.63, 3.8) is 0 Å². The van der Waals surface area contributed by atoms with Gasteiger partial charge in [-0.05, 0) is 30.7 Å². The van der Waals surface area contributed by atoms with Crippen molar-refractivity contribution in [2.45, 2.75) is 38.8 Å². The number of aromatic amines is 1. The summed E-state index contributed by atoms with van der Waals surface area (Å²) in [7, 11) is 0. The lowest BCUT2D eigenvalue weighted by molar-refractivity contribution is -0.118. The summed E-state index contributed by atoms with van der Waals surface area (Å²) in [4.78, 5) is 27.6. The molecule has 142 valence electrons. The largest absolute Gasteiger partial charge is 0.352 e. The number of carbonyl (C=O) groups is 2. The summed E-state index contributed by atoms with van der Waals surface area (Å²) in [5, 5.41) is 12.1. The minimum Gasteiger partial charge on any atom is -0.352 e. The molecule has 2 aromatic rings. The van der Waals surface area contributed by atoms with Crippen molar-refractivity contribution >= 4 is 30.0 Å². The predicted molar refractivity (Wildman–Crippen MR) is 102 cm³/mol. The molecule has 1 atom stereocenters. The van der Waals surface area contributed by atoms with E-state index >= 15 is 0 Å². The van der Waals surface area contributed by atoms with E-state index < -0.39 is 12.1 Å². The van der Waals surface area contributed by atoms with Crippen molar-refractivity contribution in [1.29, 1.82) is 0 Å². The van der Waals surface area contributed by atoms with Gasteiger partial charge in [-0.3, -0.25) is 9.89 Å². The molecule has 1 aromatic heterocycles.